The number of hydrogen-bond donors (Lipinski definition) is 1. The summed E-state index contributed by atoms with van der Waals surface area (Å²) < 4.78 is 43.2. The maximum absolute atomic E-state index is 15.1. The Morgan fingerprint density at radius 1 is 1.25 bits per heavy atom. The first-order valence-electron chi connectivity index (χ1n) is 9.76. The summed E-state index contributed by atoms with van der Waals surface area (Å²) in [4.78, 5) is 23.0. The topological polar surface area (TPSA) is 86.1 Å². The van der Waals surface area contributed by atoms with E-state index in [1.165, 1.54) is 29.8 Å². The molecule has 0 spiro atoms. The van der Waals surface area contributed by atoms with Gasteiger partial charge in [-0.05, 0) is 29.8 Å². The van der Waals surface area contributed by atoms with E-state index in [2.05, 4.69) is 25.8 Å². The van der Waals surface area contributed by atoms with E-state index < -0.39 is 23.9 Å². The molecule has 2 aliphatic rings. The Hall–Kier alpha value is -3.54. The van der Waals surface area contributed by atoms with E-state index in [-0.39, 0.29) is 34.9 Å². The summed E-state index contributed by atoms with van der Waals surface area (Å²) in [5.41, 5.74) is 1.22. The highest BCUT2D eigenvalue weighted by Gasteiger charge is 2.37. The van der Waals surface area contributed by atoms with Crippen molar-refractivity contribution >= 4 is 34.3 Å². The van der Waals surface area contributed by atoms with E-state index in [4.69, 9.17) is 0 Å². The number of fused-ring (bicyclic) bond motifs is 8. The number of piperidine rings is 1. The maximum atomic E-state index is 15.1. The number of carbonyl (C=O) groups is 1. The van der Waals surface area contributed by atoms with Crippen LogP contribution >= 0.6 is 11.3 Å². The first kappa shape index (κ1) is 20.4. The van der Waals surface area contributed by atoms with Crippen LogP contribution in [-0.4, -0.2) is 41.2 Å². The van der Waals surface area contributed by atoms with Gasteiger partial charge in [0.1, 0.15) is 28.7 Å². The minimum Gasteiger partial charge on any atom is -0.367 e. The van der Waals surface area contributed by atoms with E-state index in [9.17, 15) is 13.7 Å². The molecular weight excluding hydrogens is 443 g/mol. The van der Waals surface area contributed by atoms with E-state index >= 15 is 4.39 Å². The Morgan fingerprint density at radius 3 is 2.97 bits per heavy atom. The summed E-state index contributed by atoms with van der Waals surface area (Å²) in [7, 11) is 0. The molecule has 164 valence electrons. The van der Waals surface area contributed by atoms with Crippen molar-refractivity contribution in [2.24, 2.45) is 10.6 Å². The lowest BCUT2D eigenvalue weighted by Gasteiger charge is -2.40. The number of carbonyl (C=O) groups excluding carboxylic acids is 1. The van der Waals surface area contributed by atoms with E-state index in [0.29, 0.717) is 17.9 Å². The van der Waals surface area contributed by atoms with Crippen molar-refractivity contribution in [3.05, 3.63) is 53.6 Å². The quantitative estimate of drug-likeness (QED) is 0.538. The molecule has 4 bridgehead atoms. The monoisotopic (exact) mass is 459 g/mol. The minimum atomic E-state index is -1.38. The summed E-state index contributed by atoms with van der Waals surface area (Å²) in [5.74, 6) is -1.15. The molecule has 4 heterocycles. The zero-order chi connectivity index (χ0) is 22.2. The Kier molecular flexibility index (Phi) is 5.21. The molecule has 8 nitrogen and oxygen atoms in total. The number of rotatable bonds is 1. The van der Waals surface area contributed by atoms with Crippen LogP contribution in [0.25, 0.3) is 10.6 Å². The van der Waals surface area contributed by atoms with E-state index in [1.807, 2.05) is 4.90 Å². The van der Waals surface area contributed by atoms with Crippen LogP contribution in [0, 0.1) is 5.82 Å². The standard InChI is InChI=1S/C20H16F3N7OS/c21-11-5-7-29-9-17(11)30(28-27-23)16-3-1-2-12(22)18(16)20-26-14(10-32-20)19(31)25-13-8-24-6-4-15(13)29/h1-4,6,8,10-11,17H,5,7,9H2,(H,25,31)/t11-,17-/m0/s1. The highest BCUT2D eigenvalue weighted by molar-refractivity contribution is 7.13. The van der Waals surface area contributed by atoms with Gasteiger partial charge in [-0.1, -0.05) is 10.5 Å². The molecule has 3 aromatic rings. The summed E-state index contributed by atoms with van der Waals surface area (Å²) >= 11 is 1.04. The smallest absolute Gasteiger partial charge is 0.275 e. The van der Waals surface area contributed by atoms with Crippen LogP contribution in [0.15, 0.2) is 52.6 Å². The number of thiazole rings is 1. The lowest BCUT2D eigenvalue weighted by atomic mass is 10.0. The second-order valence-electron chi connectivity index (χ2n) is 7.35. The number of benzene rings is 1. The molecular formula is C20H16F3N7OS. The molecule has 1 fully saturated rings. The zero-order valence-corrected chi connectivity index (χ0v) is 17.3. The number of aromatic nitrogens is 2. The van der Waals surface area contributed by atoms with Crippen molar-refractivity contribution in [1.29, 1.82) is 0 Å². The molecule has 12 heteroatoms. The zero-order valence-electron chi connectivity index (χ0n) is 16.5. The first-order chi connectivity index (χ1) is 15.6. The summed E-state index contributed by atoms with van der Waals surface area (Å²) in [6.45, 7) is 0.437. The lowest BCUT2D eigenvalue weighted by molar-refractivity contribution is 0.102. The Bertz CT molecular complexity index is 1200. The fraction of sp³-hybridized carbons (Fsp3) is 0.250. The van der Waals surface area contributed by atoms with Crippen molar-refractivity contribution < 1.29 is 18.1 Å². The van der Waals surface area contributed by atoms with Gasteiger partial charge in [0.15, 0.2) is 0 Å². The van der Waals surface area contributed by atoms with Crippen LogP contribution in [0.5, 0.6) is 0 Å². The molecule has 0 aliphatic carbocycles. The number of nitrogens with one attached hydrogen (secondary N) is 1. The molecule has 1 amide bonds. The van der Waals surface area contributed by atoms with Crippen LogP contribution in [0.3, 0.4) is 0 Å². The first-order valence-corrected chi connectivity index (χ1v) is 10.6. The molecule has 0 saturated carbocycles. The third-order valence-corrected chi connectivity index (χ3v) is 6.38. The van der Waals surface area contributed by atoms with Crippen molar-refractivity contribution in [1.82, 2.24) is 9.97 Å². The number of nitrogens with zero attached hydrogens (tertiary/aromatic N) is 6. The van der Waals surface area contributed by atoms with Crippen molar-refractivity contribution in [3.63, 3.8) is 0 Å². The third-order valence-electron chi connectivity index (χ3n) is 5.52. The van der Waals surface area contributed by atoms with Gasteiger partial charge in [0.25, 0.3) is 5.91 Å². The molecule has 32 heavy (non-hydrogen) atoms. The van der Waals surface area contributed by atoms with Crippen LogP contribution in [0.1, 0.15) is 16.9 Å². The average Bonchev–Trinajstić information content (AvgIpc) is 3.28. The molecule has 1 aromatic carbocycles. The number of pyridine rings is 1. The van der Waals surface area contributed by atoms with Crippen molar-refractivity contribution in [3.8, 4) is 10.6 Å². The second kappa shape index (κ2) is 8.19. The van der Waals surface area contributed by atoms with Gasteiger partial charge in [-0.15, -0.1) is 11.3 Å². The van der Waals surface area contributed by atoms with Gasteiger partial charge >= 0.3 is 0 Å². The van der Waals surface area contributed by atoms with Gasteiger partial charge in [-0.3, -0.25) is 9.78 Å². The highest BCUT2D eigenvalue weighted by atomic mass is 32.1. The average molecular weight is 459 g/mol. The number of amides is 1. The van der Waals surface area contributed by atoms with E-state index in [0.717, 1.165) is 16.3 Å². The third kappa shape index (κ3) is 3.45. The van der Waals surface area contributed by atoms with Gasteiger partial charge in [0.2, 0.25) is 0 Å². The summed E-state index contributed by atoms with van der Waals surface area (Å²) in [6, 6.07) is 4.86. The molecule has 2 atom stereocenters. The normalized spacial score (nSPS) is 20.7. The fourth-order valence-corrected chi connectivity index (χ4v) is 4.89. The molecule has 5 rings (SSSR count). The van der Waals surface area contributed by atoms with Gasteiger partial charge in [-0.25, -0.2) is 18.8 Å². The van der Waals surface area contributed by atoms with Crippen molar-refractivity contribution in [2.75, 3.05) is 28.3 Å². The predicted molar refractivity (Wildman–Crippen MR) is 114 cm³/mol. The van der Waals surface area contributed by atoms with Crippen LogP contribution in [0.2, 0.25) is 0 Å². The Balaban J connectivity index is 1.74. The maximum Gasteiger partial charge on any atom is 0.275 e. The Morgan fingerprint density at radius 2 is 2.12 bits per heavy atom. The van der Waals surface area contributed by atoms with Gasteiger partial charge in [0, 0.05) is 30.0 Å². The van der Waals surface area contributed by atoms with Gasteiger partial charge in [-0.2, -0.15) is 0 Å². The summed E-state index contributed by atoms with van der Waals surface area (Å²) in [5, 5.41) is 11.4. The number of anilines is 3. The molecule has 1 saturated heterocycles. The SMILES string of the molecule is O=C1Nc2cnccc2N2CC[C@H](F)[C@H](C2)N(N=NF)c2cccc(F)c2-c2nc1cs2. The molecule has 2 aliphatic heterocycles. The summed E-state index contributed by atoms with van der Waals surface area (Å²) in [6.07, 6.45) is 1.78. The number of hydrogen-bond acceptors (Lipinski definition) is 7. The molecule has 0 unspecified atom stereocenters. The second-order valence-corrected chi connectivity index (χ2v) is 8.20. The number of halogens is 3. The Labute approximate surface area is 184 Å². The largest absolute Gasteiger partial charge is 0.367 e. The predicted octanol–water partition coefficient (Wildman–Crippen LogP) is 4.59. The van der Waals surface area contributed by atoms with E-state index in [1.54, 1.807) is 12.3 Å². The molecule has 0 radical (unpaired) electrons. The minimum absolute atomic E-state index is 0.00768. The molecule has 2 aromatic heterocycles. The highest BCUT2D eigenvalue weighted by Crippen LogP contribution is 2.39. The molecule has 1 N–H and O–H groups in total. The van der Waals surface area contributed by atoms with Crippen molar-refractivity contribution in [2.45, 2.75) is 18.6 Å². The van der Waals surface area contributed by atoms with Crippen LogP contribution in [-0.2, 0) is 0 Å². The number of alkyl halides is 1. The van der Waals surface area contributed by atoms with Gasteiger partial charge < -0.3 is 10.2 Å². The fourth-order valence-electron chi connectivity index (χ4n) is 4.04. The van der Waals surface area contributed by atoms with Crippen LogP contribution in [0.4, 0.5) is 30.3 Å². The van der Waals surface area contributed by atoms with Crippen LogP contribution < -0.4 is 15.2 Å². The lowest BCUT2D eigenvalue weighted by Crippen LogP contribution is -2.53. The van der Waals surface area contributed by atoms with Gasteiger partial charge in [0.05, 0.1) is 28.8 Å².